The van der Waals surface area contributed by atoms with Gasteiger partial charge in [-0.05, 0) is 0 Å². The monoisotopic (exact) mass is 154 g/mol. The Labute approximate surface area is 67.1 Å². The van der Waals surface area contributed by atoms with E-state index < -0.39 is 0 Å². The van der Waals surface area contributed by atoms with Gasteiger partial charge in [0.1, 0.15) is 0 Å². The summed E-state index contributed by atoms with van der Waals surface area (Å²) in [6.45, 7) is 7.05. The molecule has 1 fully saturated rings. The zero-order valence-electron chi connectivity index (χ0n) is 6.68. The molecule has 0 bridgehead atoms. The Morgan fingerprint density at radius 1 is 1.55 bits per heavy atom. The van der Waals surface area contributed by atoms with Gasteiger partial charge >= 0.3 is 0 Å². The van der Waals surface area contributed by atoms with Crippen LogP contribution in [-0.2, 0) is 4.79 Å². The van der Waals surface area contributed by atoms with Gasteiger partial charge < -0.3 is 10.2 Å². The fourth-order valence-electron chi connectivity index (χ4n) is 1.17. The third-order valence-corrected chi connectivity index (χ3v) is 1.79. The minimum atomic E-state index is 0.196. The van der Waals surface area contributed by atoms with E-state index in [1.54, 1.807) is 6.08 Å². The van der Waals surface area contributed by atoms with E-state index in [9.17, 15) is 4.79 Å². The number of hydrogen-bond donors (Lipinski definition) is 1. The molecule has 0 spiro atoms. The molecule has 0 atom stereocenters. The predicted molar refractivity (Wildman–Crippen MR) is 44.3 cm³/mol. The Balaban J connectivity index is 2.32. The zero-order valence-corrected chi connectivity index (χ0v) is 6.68. The Bertz CT molecular complexity index is 150. The van der Waals surface area contributed by atoms with Gasteiger partial charge in [0, 0.05) is 32.6 Å². The van der Waals surface area contributed by atoms with Crippen molar-refractivity contribution in [3.8, 4) is 0 Å². The summed E-state index contributed by atoms with van der Waals surface area (Å²) in [4.78, 5) is 13.1. The Morgan fingerprint density at radius 3 is 2.73 bits per heavy atom. The average molecular weight is 154 g/mol. The van der Waals surface area contributed by atoms with Gasteiger partial charge in [-0.15, -0.1) is 6.58 Å². The van der Waals surface area contributed by atoms with Crippen LogP contribution in [0.3, 0.4) is 0 Å². The van der Waals surface area contributed by atoms with Gasteiger partial charge in [0.05, 0.1) is 0 Å². The van der Waals surface area contributed by atoms with E-state index in [1.165, 1.54) is 0 Å². The minimum absolute atomic E-state index is 0.196. The molecule has 1 rings (SSSR count). The standard InChI is InChI=1S/C8H14N2O/c1-2-3-8(11)10-6-4-9-5-7-10/h2,9H,1,3-7H2. The van der Waals surface area contributed by atoms with E-state index in [0.29, 0.717) is 6.42 Å². The van der Waals surface area contributed by atoms with Gasteiger partial charge in [0.15, 0.2) is 0 Å². The molecule has 0 unspecified atom stereocenters. The highest BCUT2D eigenvalue weighted by molar-refractivity contribution is 5.77. The summed E-state index contributed by atoms with van der Waals surface area (Å²) >= 11 is 0. The van der Waals surface area contributed by atoms with Gasteiger partial charge in [-0.2, -0.15) is 0 Å². The van der Waals surface area contributed by atoms with E-state index in [1.807, 2.05) is 4.90 Å². The molecule has 0 aliphatic carbocycles. The van der Waals surface area contributed by atoms with Crippen LogP contribution in [0.5, 0.6) is 0 Å². The van der Waals surface area contributed by atoms with Crippen molar-refractivity contribution in [3.05, 3.63) is 12.7 Å². The molecule has 0 aromatic carbocycles. The van der Waals surface area contributed by atoms with Gasteiger partial charge in [-0.25, -0.2) is 0 Å². The first kappa shape index (κ1) is 8.27. The lowest BCUT2D eigenvalue weighted by atomic mass is 10.3. The Kier molecular flexibility index (Phi) is 3.11. The van der Waals surface area contributed by atoms with Crippen LogP contribution in [0.15, 0.2) is 12.7 Å². The zero-order chi connectivity index (χ0) is 8.10. The number of carbonyl (C=O) groups is 1. The van der Waals surface area contributed by atoms with Crippen LogP contribution < -0.4 is 5.32 Å². The fraction of sp³-hybridized carbons (Fsp3) is 0.625. The van der Waals surface area contributed by atoms with Crippen LogP contribution in [0.4, 0.5) is 0 Å². The average Bonchev–Trinajstić information content (AvgIpc) is 2.07. The van der Waals surface area contributed by atoms with Gasteiger partial charge in [-0.3, -0.25) is 4.79 Å². The fourth-order valence-corrected chi connectivity index (χ4v) is 1.17. The molecule has 1 aliphatic heterocycles. The molecule has 62 valence electrons. The van der Waals surface area contributed by atoms with E-state index in [0.717, 1.165) is 26.2 Å². The number of hydrogen-bond acceptors (Lipinski definition) is 2. The third kappa shape index (κ3) is 2.35. The molecule has 1 aliphatic rings. The van der Waals surface area contributed by atoms with Crippen LogP contribution in [0.2, 0.25) is 0 Å². The lowest BCUT2D eigenvalue weighted by molar-refractivity contribution is -0.130. The summed E-state index contributed by atoms with van der Waals surface area (Å²) in [6.07, 6.45) is 2.13. The number of amides is 1. The van der Waals surface area contributed by atoms with Crippen LogP contribution in [0.25, 0.3) is 0 Å². The molecule has 0 saturated carbocycles. The largest absolute Gasteiger partial charge is 0.340 e. The molecule has 3 nitrogen and oxygen atoms in total. The lowest BCUT2D eigenvalue weighted by Crippen LogP contribution is -2.46. The van der Waals surface area contributed by atoms with Crippen molar-refractivity contribution in [1.29, 1.82) is 0 Å². The molecule has 0 radical (unpaired) electrons. The summed E-state index contributed by atoms with van der Waals surface area (Å²) in [5.41, 5.74) is 0. The summed E-state index contributed by atoms with van der Waals surface area (Å²) in [7, 11) is 0. The number of nitrogens with one attached hydrogen (secondary N) is 1. The molecular formula is C8H14N2O. The summed E-state index contributed by atoms with van der Waals surface area (Å²) in [6, 6.07) is 0. The van der Waals surface area contributed by atoms with Crippen LogP contribution >= 0.6 is 0 Å². The molecule has 1 saturated heterocycles. The number of carbonyl (C=O) groups excluding carboxylic acids is 1. The van der Waals surface area contributed by atoms with Crippen LogP contribution in [0, 0.1) is 0 Å². The van der Waals surface area contributed by atoms with Crippen molar-refractivity contribution in [2.75, 3.05) is 26.2 Å². The van der Waals surface area contributed by atoms with Gasteiger partial charge in [0.2, 0.25) is 5.91 Å². The normalized spacial score (nSPS) is 18.0. The first-order chi connectivity index (χ1) is 5.34. The Hall–Kier alpha value is -0.830. The Morgan fingerprint density at radius 2 is 2.18 bits per heavy atom. The summed E-state index contributed by atoms with van der Waals surface area (Å²) in [5.74, 6) is 0.196. The number of rotatable bonds is 2. The van der Waals surface area contributed by atoms with Gasteiger partial charge in [-0.1, -0.05) is 6.08 Å². The van der Waals surface area contributed by atoms with Crippen molar-refractivity contribution in [2.45, 2.75) is 6.42 Å². The summed E-state index contributed by atoms with van der Waals surface area (Å²) in [5, 5.41) is 3.19. The smallest absolute Gasteiger partial charge is 0.226 e. The van der Waals surface area contributed by atoms with Crippen LogP contribution in [0.1, 0.15) is 6.42 Å². The molecule has 0 aromatic rings. The second-order valence-electron chi connectivity index (χ2n) is 2.62. The van der Waals surface area contributed by atoms with Crippen LogP contribution in [-0.4, -0.2) is 37.0 Å². The molecule has 1 amide bonds. The van der Waals surface area contributed by atoms with E-state index >= 15 is 0 Å². The first-order valence-electron chi connectivity index (χ1n) is 3.94. The second-order valence-corrected chi connectivity index (χ2v) is 2.62. The highest BCUT2D eigenvalue weighted by Crippen LogP contribution is 1.96. The molecule has 0 aromatic heterocycles. The lowest BCUT2D eigenvalue weighted by Gasteiger charge is -2.26. The number of piperazine rings is 1. The van der Waals surface area contributed by atoms with Gasteiger partial charge in [0.25, 0.3) is 0 Å². The first-order valence-corrected chi connectivity index (χ1v) is 3.94. The van der Waals surface area contributed by atoms with Crippen molar-refractivity contribution in [3.63, 3.8) is 0 Å². The van der Waals surface area contributed by atoms with E-state index in [2.05, 4.69) is 11.9 Å². The minimum Gasteiger partial charge on any atom is -0.340 e. The SMILES string of the molecule is C=CCC(=O)N1CCNCC1. The molecular weight excluding hydrogens is 140 g/mol. The van der Waals surface area contributed by atoms with Crippen molar-refractivity contribution in [2.24, 2.45) is 0 Å². The van der Waals surface area contributed by atoms with Crippen molar-refractivity contribution in [1.82, 2.24) is 10.2 Å². The second kappa shape index (κ2) is 4.13. The number of nitrogens with zero attached hydrogens (tertiary/aromatic N) is 1. The maximum absolute atomic E-state index is 11.2. The van der Waals surface area contributed by atoms with E-state index in [-0.39, 0.29) is 5.91 Å². The summed E-state index contributed by atoms with van der Waals surface area (Å²) < 4.78 is 0. The molecule has 1 heterocycles. The molecule has 11 heavy (non-hydrogen) atoms. The topological polar surface area (TPSA) is 32.3 Å². The third-order valence-electron chi connectivity index (χ3n) is 1.79. The molecule has 1 N–H and O–H groups in total. The van der Waals surface area contributed by atoms with Crippen molar-refractivity contribution >= 4 is 5.91 Å². The van der Waals surface area contributed by atoms with Crippen molar-refractivity contribution < 1.29 is 4.79 Å². The predicted octanol–water partition coefficient (Wildman–Crippen LogP) is -0.00570. The highest BCUT2D eigenvalue weighted by atomic mass is 16.2. The van der Waals surface area contributed by atoms with E-state index in [4.69, 9.17) is 0 Å². The molecule has 3 heteroatoms. The maximum atomic E-state index is 11.2. The quantitative estimate of drug-likeness (QED) is 0.567. The maximum Gasteiger partial charge on any atom is 0.226 e. The highest BCUT2D eigenvalue weighted by Gasteiger charge is 2.13.